The highest BCUT2D eigenvalue weighted by Crippen LogP contribution is 2.60. The van der Waals surface area contributed by atoms with Crippen LogP contribution in [0, 0.1) is 23.2 Å². The Bertz CT molecular complexity index is 331. The molecule has 4 saturated carbocycles. The Kier molecular flexibility index (Phi) is 4.07. The number of rotatable bonds is 7. The van der Waals surface area contributed by atoms with Gasteiger partial charge in [-0.3, -0.25) is 4.79 Å². The van der Waals surface area contributed by atoms with Crippen LogP contribution < -0.4 is 0 Å². The predicted molar refractivity (Wildman–Crippen MR) is 79.6 cm³/mol. The van der Waals surface area contributed by atoms with Crippen molar-refractivity contribution >= 4 is 5.97 Å². The van der Waals surface area contributed by atoms with Crippen LogP contribution in [0.15, 0.2) is 0 Å². The minimum absolute atomic E-state index is 0.325. The lowest BCUT2D eigenvalue weighted by Crippen LogP contribution is -2.50. The molecule has 0 atom stereocenters. The van der Waals surface area contributed by atoms with Crippen molar-refractivity contribution in [1.29, 1.82) is 0 Å². The molecule has 4 fully saturated rings. The molecule has 20 heavy (non-hydrogen) atoms. The monoisotopic (exact) mass is 279 g/mol. The van der Waals surface area contributed by atoms with E-state index in [-0.39, 0.29) is 0 Å². The van der Waals surface area contributed by atoms with Gasteiger partial charge in [0.1, 0.15) is 0 Å². The average Bonchev–Trinajstić information content (AvgIpc) is 2.32. The lowest BCUT2D eigenvalue weighted by Gasteiger charge is -2.57. The number of aliphatic carboxylic acids is 1. The summed E-state index contributed by atoms with van der Waals surface area (Å²) in [5.74, 6) is 2.43. The van der Waals surface area contributed by atoms with Crippen LogP contribution in [0.5, 0.6) is 0 Å². The summed E-state index contributed by atoms with van der Waals surface area (Å²) in [5, 5.41) is 8.68. The first kappa shape index (κ1) is 14.4. The Labute approximate surface area is 122 Å². The fraction of sp³-hybridized carbons (Fsp3) is 0.941. The minimum atomic E-state index is -0.659. The van der Waals surface area contributed by atoms with Crippen LogP contribution in [-0.4, -0.2) is 36.1 Å². The third kappa shape index (κ3) is 3.19. The SMILES string of the molecule is CN(CCCCC(=O)O)CC12CC3CC(CC(C3)C1)C2. The van der Waals surface area contributed by atoms with Crippen LogP contribution in [0.4, 0.5) is 0 Å². The normalized spacial score (nSPS) is 38.6. The molecule has 4 aliphatic rings. The highest BCUT2D eigenvalue weighted by atomic mass is 16.4. The number of carboxylic acid groups (broad SMARTS) is 1. The summed E-state index contributed by atoms with van der Waals surface area (Å²) in [7, 11) is 2.24. The largest absolute Gasteiger partial charge is 0.481 e. The van der Waals surface area contributed by atoms with Gasteiger partial charge in [-0.25, -0.2) is 0 Å². The summed E-state index contributed by atoms with van der Waals surface area (Å²) >= 11 is 0. The first-order chi connectivity index (χ1) is 9.55. The van der Waals surface area contributed by atoms with E-state index in [0.29, 0.717) is 11.8 Å². The Balaban J connectivity index is 1.46. The maximum Gasteiger partial charge on any atom is 0.303 e. The molecule has 0 amide bonds. The number of nitrogens with zero attached hydrogens (tertiary/aromatic N) is 1. The molecule has 0 aromatic rings. The molecular weight excluding hydrogens is 250 g/mol. The van der Waals surface area contributed by atoms with Gasteiger partial charge >= 0.3 is 5.97 Å². The first-order valence-electron chi connectivity index (χ1n) is 8.45. The molecule has 114 valence electrons. The zero-order valence-corrected chi connectivity index (χ0v) is 12.8. The molecule has 4 bridgehead atoms. The molecule has 0 saturated heterocycles. The topological polar surface area (TPSA) is 40.5 Å². The number of hydrogen-bond acceptors (Lipinski definition) is 2. The van der Waals surface area contributed by atoms with E-state index in [1.54, 1.807) is 0 Å². The Morgan fingerprint density at radius 3 is 2.15 bits per heavy atom. The van der Waals surface area contributed by atoms with Gasteiger partial charge in [0.2, 0.25) is 0 Å². The summed E-state index contributed by atoms with van der Waals surface area (Å²) in [6.45, 7) is 2.32. The molecule has 4 aliphatic carbocycles. The zero-order chi connectivity index (χ0) is 14.2. The lowest BCUT2D eigenvalue weighted by atomic mass is 9.49. The number of unbranched alkanes of at least 4 members (excludes halogenated alkanes) is 1. The summed E-state index contributed by atoms with van der Waals surface area (Å²) in [4.78, 5) is 13.0. The van der Waals surface area contributed by atoms with Gasteiger partial charge in [0.15, 0.2) is 0 Å². The highest BCUT2D eigenvalue weighted by Gasteiger charge is 2.50. The molecule has 4 rings (SSSR count). The van der Waals surface area contributed by atoms with Gasteiger partial charge in [-0.1, -0.05) is 0 Å². The summed E-state index contributed by atoms with van der Waals surface area (Å²) in [5.41, 5.74) is 0.621. The quantitative estimate of drug-likeness (QED) is 0.726. The number of hydrogen-bond donors (Lipinski definition) is 1. The van der Waals surface area contributed by atoms with Crippen molar-refractivity contribution in [2.75, 3.05) is 20.1 Å². The summed E-state index contributed by atoms with van der Waals surface area (Å²) in [6, 6.07) is 0. The van der Waals surface area contributed by atoms with Crippen LogP contribution >= 0.6 is 0 Å². The Morgan fingerprint density at radius 1 is 1.10 bits per heavy atom. The maximum absolute atomic E-state index is 10.5. The molecule has 3 nitrogen and oxygen atoms in total. The summed E-state index contributed by atoms with van der Waals surface area (Å²) in [6.07, 6.45) is 11.1. The molecule has 3 heteroatoms. The fourth-order valence-electron chi connectivity index (χ4n) is 5.79. The van der Waals surface area contributed by atoms with Crippen molar-refractivity contribution in [2.45, 2.75) is 57.8 Å². The molecule has 0 radical (unpaired) electrons. The van der Waals surface area contributed by atoms with Crippen molar-refractivity contribution in [1.82, 2.24) is 4.90 Å². The van der Waals surface area contributed by atoms with Gasteiger partial charge in [0.05, 0.1) is 0 Å². The smallest absolute Gasteiger partial charge is 0.303 e. The second-order valence-corrected chi connectivity index (χ2v) is 8.01. The van der Waals surface area contributed by atoms with Gasteiger partial charge < -0.3 is 10.0 Å². The van der Waals surface area contributed by atoms with E-state index in [2.05, 4.69) is 11.9 Å². The molecule has 0 heterocycles. The van der Waals surface area contributed by atoms with Crippen LogP contribution in [0.3, 0.4) is 0 Å². The predicted octanol–water partition coefficient (Wildman–Crippen LogP) is 3.39. The van der Waals surface area contributed by atoms with Crippen LogP contribution in [0.25, 0.3) is 0 Å². The van der Waals surface area contributed by atoms with Crippen LogP contribution in [-0.2, 0) is 4.79 Å². The van der Waals surface area contributed by atoms with E-state index in [4.69, 9.17) is 5.11 Å². The molecule has 0 unspecified atom stereocenters. The standard InChI is InChI=1S/C17H29NO2/c1-18(5-3-2-4-16(19)20)12-17-9-13-6-14(10-17)8-15(7-13)11-17/h13-15H,2-12H2,1H3,(H,19,20). The molecule has 0 aliphatic heterocycles. The molecular formula is C17H29NO2. The van der Waals surface area contributed by atoms with Crippen molar-refractivity contribution in [2.24, 2.45) is 23.2 Å². The van der Waals surface area contributed by atoms with Crippen molar-refractivity contribution in [3.05, 3.63) is 0 Å². The van der Waals surface area contributed by atoms with E-state index in [1.165, 1.54) is 45.1 Å². The van der Waals surface area contributed by atoms with Gasteiger partial charge in [-0.15, -0.1) is 0 Å². The second kappa shape index (κ2) is 5.67. The van der Waals surface area contributed by atoms with E-state index in [0.717, 1.165) is 37.1 Å². The van der Waals surface area contributed by atoms with Gasteiger partial charge in [0, 0.05) is 13.0 Å². The Hall–Kier alpha value is -0.570. The van der Waals surface area contributed by atoms with E-state index in [1.807, 2.05) is 0 Å². The van der Waals surface area contributed by atoms with E-state index in [9.17, 15) is 4.79 Å². The zero-order valence-electron chi connectivity index (χ0n) is 12.8. The van der Waals surface area contributed by atoms with Gasteiger partial charge in [0.25, 0.3) is 0 Å². The second-order valence-electron chi connectivity index (χ2n) is 8.01. The highest BCUT2D eigenvalue weighted by molar-refractivity contribution is 5.66. The van der Waals surface area contributed by atoms with Gasteiger partial charge in [-0.2, -0.15) is 0 Å². The summed E-state index contributed by atoms with van der Waals surface area (Å²) < 4.78 is 0. The van der Waals surface area contributed by atoms with Crippen LogP contribution in [0.2, 0.25) is 0 Å². The lowest BCUT2D eigenvalue weighted by molar-refractivity contribution is -0.137. The molecule has 0 spiro atoms. The van der Waals surface area contributed by atoms with Crippen molar-refractivity contribution in [3.8, 4) is 0 Å². The first-order valence-corrected chi connectivity index (χ1v) is 8.45. The third-order valence-corrected chi connectivity index (χ3v) is 5.95. The van der Waals surface area contributed by atoms with Crippen molar-refractivity contribution in [3.63, 3.8) is 0 Å². The maximum atomic E-state index is 10.5. The minimum Gasteiger partial charge on any atom is -0.481 e. The molecule has 0 aromatic heterocycles. The van der Waals surface area contributed by atoms with Crippen LogP contribution in [0.1, 0.15) is 57.8 Å². The molecule has 1 N–H and O–H groups in total. The van der Waals surface area contributed by atoms with Gasteiger partial charge in [-0.05, 0) is 88.1 Å². The third-order valence-electron chi connectivity index (χ3n) is 5.95. The molecule has 0 aromatic carbocycles. The van der Waals surface area contributed by atoms with Crippen molar-refractivity contribution < 1.29 is 9.90 Å². The fourth-order valence-corrected chi connectivity index (χ4v) is 5.79. The Morgan fingerprint density at radius 2 is 1.65 bits per heavy atom. The number of carbonyl (C=O) groups is 1. The van der Waals surface area contributed by atoms with E-state index >= 15 is 0 Å². The number of carboxylic acids is 1. The average molecular weight is 279 g/mol. The van der Waals surface area contributed by atoms with E-state index < -0.39 is 5.97 Å².